The molecule has 0 aromatic rings. The van der Waals surface area contributed by atoms with Gasteiger partial charge in [0.15, 0.2) is 0 Å². The fourth-order valence-corrected chi connectivity index (χ4v) is 4.31. The number of rotatable bonds is 7. The maximum Gasteiger partial charge on any atom is 0.0575 e. The minimum atomic E-state index is 0.579. The summed E-state index contributed by atoms with van der Waals surface area (Å²) in [7, 11) is 0. The van der Waals surface area contributed by atoms with E-state index >= 15 is 0 Å². The molecule has 2 fully saturated rings. The molecule has 2 rings (SSSR count). The summed E-state index contributed by atoms with van der Waals surface area (Å²) in [6.07, 6.45) is 17.9. The topological polar surface area (TPSA) is 9.23 Å². The Kier molecular flexibility index (Phi) is 7.13. The van der Waals surface area contributed by atoms with Gasteiger partial charge in [-0.15, -0.1) is 6.58 Å². The van der Waals surface area contributed by atoms with E-state index in [0.717, 1.165) is 30.8 Å². The van der Waals surface area contributed by atoms with Gasteiger partial charge in [0.25, 0.3) is 0 Å². The summed E-state index contributed by atoms with van der Waals surface area (Å²) in [5, 5.41) is 0. The van der Waals surface area contributed by atoms with Gasteiger partial charge in [0, 0.05) is 6.61 Å². The lowest BCUT2D eigenvalue weighted by Crippen LogP contribution is -2.28. The second kappa shape index (κ2) is 8.87. The van der Waals surface area contributed by atoms with Crippen molar-refractivity contribution in [3.63, 3.8) is 0 Å². The molecule has 0 spiro atoms. The van der Waals surface area contributed by atoms with Gasteiger partial charge >= 0.3 is 0 Å². The van der Waals surface area contributed by atoms with Crippen LogP contribution < -0.4 is 0 Å². The first-order valence-corrected chi connectivity index (χ1v) is 9.06. The van der Waals surface area contributed by atoms with Crippen molar-refractivity contribution < 1.29 is 4.74 Å². The average Bonchev–Trinajstić information content (AvgIpc) is 2.52. The first kappa shape index (κ1) is 16.1. The van der Waals surface area contributed by atoms with Gasteiger partial charge in [0.05, 0.1) is 6.10 Å². The van der Waals surface area contributed by atoms with E-state index in [4.69, 9.17) is 4.74 Å². The second-order valence-electron chi connectivity index (χ2n) is 7.05. The summed E-state index contributed by atoms with van der Waals surface area (Å²) in [5.74, 6) is 3.03. The van der Waals surface area contributed by atoms with Crippen LogP contribution in [0.1, 0.15) is 77.6 Å². The van der Waals surface area contributed by atoms with Crippen LogP contribution >= 0.6 is 0 Å². The van der Waals surface area contributed by atoms with Gasteiger partial charge in [0.1, 0.15) is 0 Å². The first-order valence-electron chi connectivity index (χ1n) is 9.06. The van der Waals surface area contributed by atoms with Crippen LogP contribution in [0.5, 0.6) is 0 Å². The molecule has 0 amide bonds. The van der Waals surface area contributed by atoms with Crippen LogP contribution in [0.25, 0.3) is 0 Å². The predicted octanol–water partition coefficient (Wildman–Crippen LogP) is 5.74. The maximum atomic E-state index is 5.92. The van der Waals surface area contributed by atoms with E-state index in [9.17, 15) is 0 Å². The normalized spacial score (nSPS) is 34.9. The predicted molar refractivity (Wildman–Crippen MR) is 86.9 cm³/mol. The Hall–Kier alpha value is -0.300. The molecule has 0 atom stereocenters. The Bertz CT molecular complexity index is 257. The highest BCUT2D eigenvalue weighted by atomic mass is 16.5. The summed E-state index contributed by atoms with van der Waals surface area (Å²) in [5.41, 5.74) is 0. The quantitative estimate of drug-likeness (QED) is 0.539. The molecule has 0 aromatic heterocycles. The van der Waals surface area contributed by atoms with Gasteiger partial charge in [-0.1, -0.05) is 25.8 Å². The summed E-state index contributed by atoms with van der Waals surface area (Å²) >= 11 is 0. The van der Waals surface area contributed by atoms with E-state index < -0.39 is 0 Å². The van der Waals surface area contributed by atoms with Crippen LogP contribution in [-0.2, 0) is 4.74 Å². The number of hydrogen-bond donors (Lipinski definition) is 0. The molecule has 0 bridgehead atoms. The van der Waals surface area contributed by atoms with Crippen LogP contribution in [0.4, 0.5) is 0 Å². The summed E-state index contributed by atoms with van der Waals surface area (Å²) in [6, 6.07) is 0. The molecule has 1 heteroatoms. The first-order chi connectivity index (χ1) is 9.83. The van der Waals surface area contributed by atoms with Gasteiger partial charge < -0.3 is 4.74 Å². The molecule has 0 aliphatic heterocycles. The van der Waals surface area contributed by atoms with Crippen molar-refractivity contribution in [3.8, 4) is 0 Å². The SMILES string of the molecule is C=CCC[C@H]1CC[C@H]([C@H]2CC[C@H](OCCC)CC2)CC1. The fraction of sp³-hybridized carbons (Fsp3) is 0.895. The van der Waals surface area contributed by atoms with E-state index in [0.29, 0.717) is 6.10 Å². The van der Waals surface area contributed by atoms with Crippen LogP contribution in [0.2, 0.25) is 0 Å². The molecule has 20 heavy (non-hydrogen) atoms. The molecule has 0 aromatic carbocycles. The van der Waals surface area contributed by atoms with Crippen molar-refractivity contribution >= 4 is 0 Å². The van der Waals surface area contributed by atoms with E-state index in [2.05, 4.69) is 19.6 Å². The second-order valence-corrected chi connectivity index (χ2v) is 7.05. The third-order valence-electron chi connectivity index (χ3n) is 5.61. The molecule has 0 N–H and O–H groups in total. The van der Waals surface area contributed by atoms with Crippen molar-refractivity contribution in [1.29, 1.82) is 0 Å². The van der Waals surface area contributed by atoms with Gasteiger partial charge in [0.2, 0.25) is 0 Å². The number of ether oxygens (including phenoxy) is 1. The lowest BCUT2D eigenvalue weighted by atomic mass is 9.70. The maximum absolute atomic E-state index is 5.92. The zero-order valence-electron chi connectivity index (χ0n) is 13.5. The molecular weight excluding hydrogens is 244 g/mol. The summed E-state index contributed by atoms with van der Waals surface area (Å²) in [6.45, 7) is 7.02. The van der Waals surface area contributed by atoms with Gasteiger partial charge in [-0.25, -0.2) is 0 Å². The van der Waals surface area contributed by atoms with Gasteiger partial charge in [-0.2, -0.15) is 0 Å². The van der Waals surface area contributed by atoms with Crippen molar-refractivity contribution in [2.45, 2.75) is 83.7 Å². The highest BCUT2D eigenvalue weighted by molar-refractivity contribution is 4.83. The van der Waals surface area contributed by atoms with E-state index in [1.54, 1.807) is 0 Å². The van der Waals surface area contributed by atoms with Crippen LogP contribution in [0, 0.1) is 17.8 Å². The number of allylic oxidation sites excluding steroid dienone is 1. The summed E-state index contributed by atoms with van der Waals surface area (Å²) in [4.78, 5) is 0. The van der Waals surface area contributed by atoms with Crippen LogP contribution in [0.15, 0.2) is 12.7 Å². The van der Waals surface area contributed by atoms with E-state index in [1.807, 2.05) is 0 Å². The van der Waals surface area contributed by atoms with Crippen LogP contribution in [-0.4, -0.2) is 12.7 Å². The van der Waals surface area contributed by atoms with Crippen molar-refractivity contribution in [2.24, 2.45) is 17.8 Å². The molecule has 1 nitrogen and oxygen atoms in total. The minimum Gasteiger partial charge on any atom is -0.378 e. The smallest absolute Gasteiger partial charge is 0.0575 e. The molecule has 116 valence electrons. The van der Waals surface area contributed by atoms with Crippen molar-refractivity contribution in [3.05, 3.63) is 12.7 Å². The zero-order chi connectivity index (χ0) is 14.2. The average molecular weight is 278 g/mol. The van der Waals surface area contributed by atoms with Gasteiger partial charge in [-0.05, 0) is 75.5 Å². The zero-order valence-corrected chi connectivity index (χ0v) is 13.5. The molecule has 0 radical (unpaired) electrons. The lowest BCUT2D eigenvalue weighted by Gasteiger charge is -2.37. The molecule has 0 saturated heterocycles. The molecule has 2 saturated carbocycles. The largest absolute Gasteiger partial charge is 0.378 e. The van der Waals surface area contributed by atoms with Gasteiger partial charge in [-0.3, -0.25) is 0 Å². The molecular formula is C19H34O. The Labute approximate surface area is 126 Å². The third kappa shape index (κ3) is 4.91. The molecule has 0 unspecified atom stereocenters. The Morgan fingerprint density at radius 1 is 0.950 bits per heavy atom. The highest BCUT2D eigenvalue weighted by Crippen LogP contribution is 2.41. The summed E-state index contributed by atoms with van der Waals surface area (Å²) < 4.78 is 5.92. The Morgan fingerprint density at radius 2 is 1.55 bits per heavy atom. The minimum absolute atomic E-state index is 0.579. The number of hydrogen-bond acceptors (Lipinski definition) is 1. The molecule has 2 aliphatic carbocycles. The Morgan fingerprint density at radius 3 is 2.10 bits per heavy atom. The third-order valence-corrected chi connectivity index (χ3v) is 5.61. The van der Waals surface area contributed by atoms with Crippen molar-refractivity contribution in [2.75, 3.05) is 6.61 Å². The fourth-order valence-electron chi connectivity index (χ4n) is 4.31. The Balaban J connectivity index is 1.64. The van der Waals surface area contributed by atoms with E-state index in [-0.39, 0.29) is 0 Å². The van der Waals surface area contributed by atoms with E-state index in [1.165, 1.54) is 64.2 Å². The van der Waals surface area contributed by atoms with Crippen molar-refractivity contribution in [1.82, 2.24) is 0 Å². The standard InChI is InChI=1S/C19H34O/c1-3-5-6-16-7-9-17(10-8-16)18-11-13-19(14-12-18)20-15-4-2/h3,16-19H,1,4-15H2,2H3/t16-,17-,18-,19-. The monoisotopic (exact) mass is 278 g/mol. The van der Waals surface area contributed by atoms with Crippen LogP contribution in [0.3, 0.4) is 0 Å². The molecule has 0 heterocycles. The lowest BCUT2D eigenvalue weighted by molar-refractivity contribution is 0.00731. The molecule has 2 aliphatic rings. The highest BCUT2D eigenvalue weighted by Gasteiger charge is 2.30.